The van der Waals surface area contributed by atoms with Gasteiger partial charge in [-0.15, -0.1) is 0 Å². The number of rotatable bonds is 6. The van der Waals surface area contributed by atoms with Crippen LogP contribution in [-0.4, -0.2) is 64.4 Å². The summed E-state index contributed by atoms with van der Waals surface area (Å²) in [7, 11) is 3.57. The number of nitrogen functional groups attached to an aromatic ring is 1. The van der Waals surface area contributed by atoms with E-state index in [9.17, 15) is 4.79 Å². The Morgan fingerprint density at radius 1 is 1.05 bits per heavy atom. The highest BCUT2D eigenvalue weighted by molar-refractivity contribution is 5.93. The van der Waals surface area contributed by atoms with Crippen molar-refractivity contribution in [3.8, 4) is 11.1 Å². The summed E-state index contributed by atoms with van der Waals surface area (Å²) in [5, 5.41) is 0. The predicted molar refractivity (Wildman–Crippen MR) is 152 cm³/mol. The summed E-state index contributed by atoms with van der Waals surface area (Å²) in [6.07, 6.45) is 9.82. The number of piperidine rings is 1. The van der Waals surface area contributed by atoms with Crippen molar-refractivity contribution in [1.82, 2.24) is 24.8 Å². The van der Waals surface area contributed by atoms with E-state index in [1.165, 1.54) is 11.1 Å². The number of amides is 1. The maximum absolute atomic E-state index is 12.1. The fraction of sp³-hybridized carbons (Fsp3) is 0.400. The molecule has 0 unspecified atom stereocenters. The molecule has 4 rings (SSSR count). The zero-order valence-electron chi connectivity index (χ0n) is 23.0. The summed E-state index contributed by atoms with van der Waals surface area (Å²) in [5.74, 6) is 0.857. The predicted octanol–water partition coefficient (Wildman–Crippen LogP) is 5.44. The van der Waals surface area contributed by atoms with Crippen LogP contribution in [0.4, 0.5) is 5.95 Å². The molecule has 7 heteroatoms. The second-order valence-electron chi connectivity index (χ2n) is 9.55. The van der Waals surface area contributed by atoms with Crippen molar-refractivity contribution in [2.24, 2.45) is 0 Å². The van der Waals surface area contributed by atoms with Gasteiger partial charge >= 0.3 is 0 Å². The van der Waals surface area contributed by atoms with Gasteiger partial charge in [0.25, 0.3) is 5.91 Å². The lowest BCUT2D eigenvalue weighted by atomic mass is 9.88. The van der Waals surface area contributed by atoms with Crippen molar-refractivity contribution in [1.29, 1.82) is 0 Å². The van der Waals surface area contributed by atoms with Crippen LogP contribution in [0, 0.1) is 6.92 Å². The molecule has 7 nitrogen and oxygen atoms in total. The van der Waals surface area contributed by atoms with E-state index in [0.717, 1.165) is 60.4 Å². The lowest BCUT2D eigenvalue weighted by Crippen LogP contribution is -2.34. The number of hydrogen-bond acceptors (Lipinski definition) is 6. The Kier molecular flexibility index (Phi) is 9.92. The number of benzene rings is 1. The Labute approximate surface area is 221 Å². The lowest BCUT2D eigenvalue weighted by Gasteiger charge is -2.32. The van der Waals surface area contributed by atoms with Crippen LogP contribution in [0.15, 0.2) is 54.5 Å². The molecule has 1 saturated heterocycles. The number of nitrogens with two attached hydrogens (primary N) is 1. The summed E-state index contributed by atoms with van der Waals surface area (Å²) in [4.78, 5) is 29.1. The minimum atomic E-state index is 0.0459. The van der Waals surface area contributed by atoms with Crippen molar-refractivity contribution >= 4 is 17.9 Å². The Balaban J connectivity index is 0.00000186. The van der Waals surface area contributed by atoms with Crippen LogP contribution in [0.1, 0.15) is 66.7 Å². The number of pyridine rings is 1. The first-order valence-electron chi connectivity index (χ1n) is 13.1. The average molecular weight is 501 g/mol. The smallest absolute Gasteiger partial charge is 0.253 e. The molecule has 3 aromatic rings. The number of likely N-dealkylation sites (tertiary alicyclic amines) is 1. The molecule has 0 aliphatic carbocycles. The van der Waals surface area contributed by atoms with Crippen LogP contribution in [0.3, 0.4) is 0 Å². The fourth-order valence-corrected chi connectivity index (χ4v) is 4.71. The van der Waals surface area contributed by atoms with Gasteiger partial charge < -0.3 is 10.6 Å². The van der Waals surface area contributed by atoms with E-state index in [1.54, 1.807) is 31.4 Å². The molecule has 0 bridgehead atoms. The van der Waals surface area contributed by atoms with Crippen LogP contribution < -0.4 is 5.73 Å². The molecule has 1 aromatic carbocycles. The summed E-state index contributed by atoms with van der Waals surface area (Å²) in [6.45, 7) is 11.2. The molecule has 37 heavy (non-hydrogen) atoms. The van der Waals surface area contributed by atoms with Crippen LogP contribution in [0.5, 0.6) is 0 Å². The molecular weight excluding hydrogens is 460 g/mol. The van der Waals surface area contributed by atoms with Crippen molar-refractivity contribution in [2.75, 3.05) is 39.5 Å². The van der Waals surface area contributed by atoms with E-state index in [-0.39, 0.29) is 11.9 Å². The Morgan fingerprint density at radius 3 is 2.27 bits per heavy atom. The summed E-state index contributed by atoms with van der Waals surface area (Å²) < 4.78 is 0. The van der Waals surface area contributed by atoms with E-state index in [1.807, 2.05) is 45.2 Å². The summed E-state index contributed by atoms with van der Waals surface area (Å²) in [5.41, 5.74) is 13.1. The largest absolute Gasteiger partial charge is 0.368 e. The molecule has 0 saturated carbocycles. The molecular formula is C30H40N6O. The van der Waals surface area contributed by atoms with Crippen LogP contribution >= 0.6 is 0 Å². The zero-order valence-corrected chi connectivity index (χ0v) is 23.0. The highest BCUT2D eigenvalue weighted by atomic mass is 16.2. The fourth-order valence-electron chi connectivity index (χ4n) is 4.71. The van der Waals surface area contributed by atoms with Gasteiger partial charge in [-0.2, -0.15) is 0 Å². The SMILES string of the molecule is C/C(=C\c1c(-c2cnc(N)nc2)ccnc1C)CN1CCC(c2ccc(C(=O)N(C)C)cc2)CC1.CC. The molecule has 0 atom stereocenters. The first kappa shape index (κ1) is 28.0. The monoisotopic (exact) mass is 500 g/mol. The van der Waals surface area contributed by atoms with Gasteiger partial charge in [-0.05, 0) is 75.0 Å². The van der Waals surface area contributed by atoms with Gasteiger partial charge in [0.1, 0.15) is 0 Å². The van der Waals surface area contributed by atoms with E-state index >= 15 is 0 Å². The normalized spacial score (nSPS) is 14.6. The van der Waals surface area contributed by atoms with Crippen LogP contribution in [0.25, 0.3) is 17.2 Å². The van der Waals surface area contributed by atoms with Crippen molar-refractivity contribution in [3.63, 3.8) is 0 Å². The minimum Gasteiger partial charge on any atom is -0.368 e. The third-order valence-electron chi connectivity index (χ3n) is 6.66. The van der Waals surface area contributed by atoms with Gasteiger partial charge in [0.05, 0.1) is 0 Å². The summed E-state index contributed by atoms with van der Waals surface area (Å²) >= 11 is 0. The third-order valence-corrected chi connectivity index (χ3v) is 6.66. The molecule has 1 aliphatic heterocycles. The van der Waals surface area contributed by atoms with E-state index < -0.39 is 0 Å². The second kappa shape index (κ2) is 13.1. The van der Waals surface area contributed by atoms with Crippen molar-refractivity contribution < 1.29 is 4.79 Å². The molecule has 1 aliphatic rings. The first-order chi connectivity index (χ1) is 17.8. The van der Waals surface area contributed by atoms with Gasteiger partial charge in [-0.1, -0.05) is 37.6 Å². The van der Waals surface area contributed by atoms with Crippen LogP contribution in [0.2, 0.25) is 0 Å². The number of hydrogen-bond donors (Lipinski definition) is 1. The quantitative estimate of drug-likeness (QED) is 0.485. The second-order valence-corrected chi connectivity index (χ2v) is 9.55. The van der Waals surface area contributed by atoms with Crippen LogP contribution in [-0.2, 0) is 0 Å². The van der Waals surface area contributed by atoms with Gasteiger partial charge in [-0.3, -0.25) is 14.7 Å². The lowest BCUT2D eigenvalue weighted by molar-refractivity contribution is 0.0827. The molecule has 2 N–H and O–H groups in total. The topological polar surface area (TPSA) is 88.2 Å². The zero-order chi connectivity index (χ0) is 26.9. The molecule has 1 amide bonds. The first-order valence-corrected chi connectivity index (χ1v) is 13.1. The number of anilines is 1. The Morgan fingerprint density at radius 2 is 1.68 bits per heavy atom. The molecule has 0 spiro atoms. The number of carbonyl (C=O) groups excluding carboxylic acids is 1. The number of aryl methyl sites for hydroxylation is 1. The maximum Gasteiger partial charge on any atom is 0.253 e. The number of carbonyl (C=O) groups is 1. The summed E-state index contributed by atoms with van der Waals surface area (Å²) in [6, 6.07) is 10.2. The van der Waals surface area contributed by atoms with Gasteiger partial charge in [-0.25, -0.2) is 9.97 Å². The van der Waals surface area contributed by atoms with E-state index in [0.29, 0.717) is 5.92 Å². The van der Waals surface area contributed by atoms with Crippen molar-refractivity contribution in [3.05, 3.63) is 76.9 Å². The number of aromatic nitrogens is 3. The van der Waals surface area contributed by atoms with E-state index in [4.69, 9.17) is 5.73 Å². The highest BCUT2D eigenvalue weighted by Crippen LogP contribution is 2.30. The van der Waals surface area contributed by atoms with E-state index in [2.05, 4.69) is 45.0 Å². The molecule has 2 aromatic heterocycles. The average Bonchev–Trinajstić information content (AvgIpc) is 2.91. The standard InChI is InChI=1S/C28H34N6O.C2H6/c1-19(15-26-20(2)30-12-9-25(26)24-16-31-28(29)32-17-24)18-34-13-10-22(11-14-34)21-5-7-23(8-6-21)27(35)33(3)4;1-2/h5-9,12,15-17,22H,10-11,13-14,18H2,1-4H3,(H2,29,31,32);1-2H3/b19-15+;. The number of nitrogens with zero attached hydrogens (tertiary/aromatic N) is 5. The molecule has 3 heterocycles. The Bertz CT molecular complexity index is 1190. The molecule has 1 fully saturated rings. The van der Waals surface area contributed by atoms with Gasteiger partial charge in [0, 0.05) is 61.6 Å². The highest BCUT2D eigenvalue weighted by Gasteiger charge is 2.21. The van der Waals surface area contributed by atoms with Gasteiger partial charge in [0.2, 0.25) is 5.95 Å². The maximum atomic E-state index is 12.1. The molecule has 0 radical (unpaired) electrons. The third kappa shape index (κ3) is 7.23. The molecule has 196 valence electrons. The van der Waals surface area contributed by atoms with Crippen molar-refractivity contribution in [2.45, 2.75) is 46.5 Å². The van der Waals surface area contributed by atoms with Gasteiger partial charge in [0.15, 0.2) is 0 Å². The minimum absolute atomic E-state index is 0.0459. The Hall–Kier alpha value is -3.58.